The van der Waals surface area contributed by atoms with Crippen LogP contribution in [0.5, 0.6) is 0 Å². The topological polar surface area (TPSA) is 64.5 Å². The van der Waals surface area contributed by atoms with Crippen molar-refractivity contribution in [2.75, 3.05) is 5.01 Å². The molecule has 0 aliphatic carbocycles. The van der Waals surface area contributed by atoms with Crippen LogP contribution < -0.4 is 15.7 Å². The molecule has 1 atom stereocenters. The number of benzene rings is 6. The number of nitrogens with one attached hydrogen (secondary N) is 2. The Morgan fingerprint density at radius 1 is 0.463 bits per heavy atom. The fourth-order valence-corrected chi connectivity index (χ4v) is 10.1. The molecular weight excluding hydrogens is 817 g/mol. The maximum atomic E-state index is 5.81. The Morgan fingerprint density at radius 2 is 1.01 bits per heavy atom. The van der Waals surface area contributed by atoms with Crippen molar-refractivity contribution in [3.63, 3.8) is 0 Å². The molecule has 6 aromatic carbocycles. The van der Waals surface area contributed by atoms with Crippen LogP contribution in [0.15, 0.2) is 222 Å². The molecule has 67 heavy (non-hydrogen) atoms. The molecule has 9 aromatic rings. The first kappa shape index (κ1) is 40.1. The second-order valence-electron chi connectivity index (χ2n) is 18.0. The van der Waals surface area contributed by atoms with E-state index in [-0.39, 0.29) is 0 Å². The first-order valence-corrected chi connectivity index (χ1v) is 23.0. The van der Waals surface area contributed by atoms with Crippen LogP contribution in [0.4, 0.5) is 5.69 Å². The highest BCUT2D eigenvalue weighted by Crippen LogP contribution is 2.49. The van der Waals surface area contributed by atoms with Crippen LogP contribution in [0.2, 0.25) is 0 Å². The van der Waals surface area contributed by atoms with E-state index < -0.39 is 5.54 Å². The Balaban J connectivity index is 1.28. The van der Waals surface area contributed by atoms with Gasteiger partial charge in [-0.1, -0.05) is 168 Å². The van der Waals surface area contributed by atoms with Gasteiger partial charge in [-0.15, -0.1) is 0 Å². The van der Waals surface area contributed by atoms with Crippen LogP contribution >= 0.6 is 0 Å². The van der Waals surface area contributed by atoms with Crippen LogP contribution in [-0.2, 0) is 5.54 Å². The number of hydrogen-bond donors (Lipinski definition) is 2. The average molecular weight is 865 g/mol. The fraction of sp³-hybridized carbons (Fsp3) is 0.0820. The molecule has 322 valence electrons. The summed E-state index contributed by atoms with van der Waals surface area (Å²) in [5.41, 5.74) is 19.0. The van der Waals surface area contributed by atoms with Crippen molar-refractivity contribution in [2.24, 2.45) is 10.1 Å². The van der Waals surface area contributed by atoms with Gasteiger partial charge in [0.15, 0.2) is 11.4 Å². The van der Waals surface area contributed by atoms with Crippen molar-refractivity contribution in [2.45, 2.75) is 33.2 Å². The summed E-state index contributed by atoms with van der Waals surface area (Å²) in [5.74, 6) is 0.823. The molecule has 3 aliphatic rings. The number of aliphatic imine (C=N–C) groups is 1. The number of rotatable bonds is 6. The third-order valence-corrected chi connectivity index (χ3v) is 13.5. The summed E-state index contributed by atoms with van der Waals surface area (Å²) in [6.07, 6.45) is 6.64. The van der Waals surface area contributed by atoms with Gasteiger partial charge in [0, 0.05) is 50.4 Å². The van der Waals surface area contributed by atoms with Crippen LogP contribution in [0.1, 0.15) is 72.7 Å². The summed E-state index contributed by atoms with van der Waals surface area (Å²) < 4.78 is 2.33. The standard InChI is InChI=1S/C61H48N6/c1-39-15-23-43(24-16-39)57-47-37-56-61(48-29-21-42(4)22-30-48,67(49-13-9-6-10-14-49)65-60(66(56)38-47)46-11-7-5-8-12-46)55-36-35-54(64-55)59(45-27-19-41(3)20-28-45)53-34-33-52(63-53)58(51-32-31-50(57)62-51)44-25-17-40(2)18-26-44/h5-38,62,64H,1-4H3/b57-50-,58-51-,59-53-. The summed E-state index contributed by atoms with van der Waals surface area (Å²) in [5, 5.41) is 10.0. The number of allylic oxidation sites excluding steroid dienone is 2. The van der Waals surface area contributed by atoms with Crippen LogP contribution in [0.3, 0.4) is 0 Å². The number of hydrazone groups is 1. The lowest BCUT2D eigenvalue weighted by molar-refractivity contribution is 0.520. The van der Waals surface area contributed by atoms with Gasteiger partial charge >= 0.3 is 0 Å². The van der Waals surface area contributed by atoms with Gasteiger partial charge in [0.2, 0.25) is 0 Å². The second-order valence-corrected chi connectivity index (χ2v) is 18.0. The van der Waals surface area contributed by atoms with Crippen molar-refractivity contribution >= 4 is 34.0 Å². The molecule has 3 aromatic heterocycles. The Bertz CT molecular complexity index is 3610. The third-order valence-electron chi connectivity index (χ3n) is 13.5. The molecule has 0 amide bonds. The molecular formula is C61H48N6. The van der Waals surface area contributed by atoms with E-state index in [9.17, 15) is 0 Å². The Kier molecular flexibility index (Phi) is 9.50. The molecule has 8 bridgehead atoms. The predicted molar refractivity (Wildman–Crippen MR) is 274 cm³/mol. The van der Waals surface area contributed by atoms with Gasteiger partial charge < -0.3 is 9.97 Å². The number of aromatic amines is 2. The molecule has 0 saturated heterocycles. The molecule has 6 nitrogen and oxygen atoms in total. The quantitative estimate of drug-likeness (QED) is 0.172. The lowest BCUT2D eigenvalue weighted by atomic mass is 9.80. The van der Waals surface area contributed by atoms with Crippen LogP contribution in [0, 0.1) is 27.7 Å². The maximum Gasteiger partial charge on any atom is 0.168 e. The van der Waals surface area contributed by atoms with Crippen molar-refractivity contribution in [1.82, 2.24) is 14.5 Å². The highest BCUT2D eigenvalue weighted by atomic mass is 15.5. The number of nitrogens with zero attached hydrogens (tertiary/aromatic N) is 4. The van der Waals surface area contributed by atoms with Gasteiger partial charge in [0.25, 0.3) is 0 Å². The molecule has 6 heteroatoms. The van der Waals surface area contributed by atoms with Gasteiger partial charge in [-0.3, -0.25) is 4.57 Å². The molecule has 0 fully saturated rings. The number of H-pyrrole nitrogens is 2. The number of aryl methyl sites for hydroxylation is 4. The predicted octanol–water partition coefficient (Wildman–Crippen LogP) is 11.6. The summed E-state index contributed by atoms with van der Waals surface area (Å²) in [6.45, 7) is 8.56. The zero-order valence-corrected chi connectivity index (χ0v) is 37.9. The van der Waals surface area contributed by atoms with Crippen LogP contribution in [0.25, 0.3) is 16.7 Å². The summed E-state index contributed by atoms with van der Waals surface area (Å²) in [6, 6.07) is 67.9. The SMILES string of the molecule is Cc1ccc(/C2=C3\C=CC(=N3)/C(c3ccc(C)cc3)=c3/cc/c([nH]3)=C(\c3ccc(C)cc3)c3cc4n(c3)C(c3ccccc3)=NN(c3ccccc3)C4(c3ccc(C)cc3)c3ccc2[nH]3)cc1. The minimum absolute atomic E-state index is 0.823. The molecule has 3 aliphatic heterocycles. The van der Waals surface area contributed by atoms with Crippen LogP contribution in [-0.4, -0.2) is 26.1 Å². The van der Waals surface area contributed by atoms with Crippen molar-refractivity contribution < 1.29 is 0 Å². The Labute approximate surface area is 390 Å². The van der Waals surface area contributed by atoms with E-state index in [4.69, 9.17) is 10.1 Å². The van der Waals surface area contributed by atoms with E-state index in [2.05, 4.69) is 254 Å². The normalized spacial score (nSPS) is 19.1. The zero-order chi connectivity index (χ0) is 45.2. The first-order chi connectivity index (χ1) is 32.8. The number of anilines is 1. The highest BCUT2D eigenvalue weighted by molar-refractivity contribution is 6.30. The minimum Gasteiger partial charge on any atom is -0.356 e. The van der Waals surface area contributed by atoms with E-state index in [1.165, 1.54) is 22.3 Å². The van der Waals surface area contributed by atoms with Gasteiger partial charge in [0.1, 0.15) is 0 Å². The van der Waals surface area contributed by atoms with E-state index >= 15 is 0 Å². The lowest BCUT2D eigenvalue weighted by Gasteiger charge is -2.46. The molecule has 1 unspecified atom stereocenters. The maximum absolute atomic E-state index is 5.81. The number of aromatic nitrogens is 3. The molecule has 2 N–H and O–H groups in total. The molecule has 12 rings (SSSR count). The van der Waals surface area contributed by atoms with Gasteiger partial charge in [-0.25, -0.2) is 10.0 Å². The van der Waals surface area contributed by atoms with E-state index in [1.807, 2.05) is 0 Å². The fourth-order valence-electron chi connectivity index (χ4n) is 10.1. The molecule has 0 spiro atoms. The third kappa shape index (κ3) is 6.71. The second kappa shape index (κ2) is 15.9. The molecule has 0 saturated carbocycles. The van der Waals surface area contributed by atoms with Crippen molar-refractivity contribution in [1.29, 1.82) is 0 Å². The summed E-state index contributed by atoms with van der Waals surface area (Å²) >= 11 is 0. The van der Waals surface area contributed by atoms with E-state index in [0.29, 0.717) is 0 Å². The average Bonchev–Trinajstić information content (AvgIpc) is 4.21. The Morgan fingerprint density at radius 3 is 1.64 bits per heavy atom. The Hall–Kier alpha value is -8.48. The van der Waals surface area contributed by atoms with E-state index in [1.54, 1.807) is 0 Å². The highest BCUT2D eigenvalue weighted by Gasteiger charge is 2.50. The smallest absolute Gasteiger partial charge is 0.168 e. The van der Waals surface area contributed by atoms with Crippen molar-refractivity contribution in [3.05, 3.63) is 296 Å². The summed E-state index contributed by atoms with van der Waals surface area (Å²) in [4.78, 5) is 13.7. The number of hydrogen-bond acceptors (Lipinski definition) is 3. The monoisotopic (exact) mass is 864 g/mol. The largest absolute Gasteiger partial charge is 0.356 e. The first-order valence-electron chi connectivity index (χ1n) is 23.0. The van der Waals surface area contributed by atoms with E-state index in [0.717, 1.165) is 101 Å². The van der Waals surface area contributed by atoms with Gasteiger partial charge in [0.05, 0.1) is 28.5 Å². The van der Waals surface area contributed by atoms with Crippen molar-refractivity contribution in [3.8, 4) is 0 Å². The zero-order valence-electron chi connectivity index (χ0n) is 37.9. The lowest BCUT2D eigenvalue weighted by Crippen LogP contribution is -2.51. The minimum atomic E-state index is -1.00. The van der Waals surface area contributed by atoms with Gasteiger partial charge in [-0.05, 0) is 105 Å². The number of para-hydroxylation sites is 1. The van der Waals surface area contributed by atoms with Gasteiger partial charge in [-0.2, -0.15) is 5.10 Å². The molecule has 6 heterocycles. The number of fused-ring (bicyclic) bond motifs is 7. The molecule has 0 radical (unpaired) electrons. The summed E-state index contributed by atoms with van der Waals surface area (Å²) in [7, 11) is 0.